The largest absolute Gasteiger partial charge is 0.491 e. The molecular weight excluding hydrogens is 204 g/mol. The minimum absolute atomic E-state index is 0.226. The number of hydrogen-bond acceptors (Lipinski definition) is 3. The number of ketones is 1. The lowest BCUT2D eigenvalue weighted by atomic mass is 9.87. The number of carbonyl (C=O) groups is 1. The Hall–Kier alpha value is -1.35. The fourth-order valence-electron chi connectivity index (χ4n) is 2.50. The van der Waals surface area contributed by atoms with Crippen molar-refractivity contribution in [1.29, 1.82) is 0 Å². The Kier molecular flexibility index (Phi) is 2.21. The molecule has 0 bridgehead atoms. The number of aliphatic hydroxyl groups is 1. The number of aryl methyl sites for hydroxylation is 1. The molecule has 1 aliphatic carbocycles. The second kappa shape index (κ2) is 3.59. The summed E-state index contributed by atoms with van der Waals surface area (Å²) < 4.78 is 5.48. The Morgan fingerprint density at radius 3 is 3.00 bits per heavy atom. The second-order valence-corrected chi connectivity index (χ2v) is 4.56. The van der Waals surface area contributed by atoms with Crippen molar-refractivity contribution in [3.8, 4) is 5.75 Å². The van der Waals surface area contributed by atoms with Crippen molar-refractivity contribution >= 4 is 5.78 Å². The summed E-state index contributed by atoms with van der Waals surface area (Å²) in [5, 5.41) is 9.52. The predicted octanol–water partition coefficient (Wildman–Crippen LogP) is 1.50. The summed E-state index contributed by atoms with van der Waals surface area (Å²) in [4.78, 5) is 11.7. The molecule has 0 fully saturated rings. The van der Waals surface area contributed by atoms with Gasteiger partial charge in [0.1, 0.15) is 12.4 Å². The van der Waals surface area contributed by atoms with E-state index in [4.69, 9.17) is 4.74 Å². The zero-order valence-corrected chi connectivity index (χ0v) is 9.03. The van der Waals surface area contributed by atoms with Crippen LogP contribution in [0.4, 0.5) is 0 Å². The van der Waals surface area contributed by atoms with Gasteiger partial charge < -0.3 is 9.84 Å². The summed E-state index contributed by atoms with van der Waals surface area (Å²) in [6.07, 6.45) is 2.70. The Morgan fingerprint density at radius 1 is 1.25 bits per heavy atom. The van der Waals surface area contributed by atoms with Gasteiger partial charge in [-0.3, -0.25) is 4.79 Å². The Bertz CT molecular complexity index is 451. The lowest BCUT2D eigenvalue weighted by Crippen LogP contribution is -2.26. The van der Waals surface area contributed by atoms with Crippen LogP contribution in [0.5, 0.6) is 5.75 Å². The number of rotatable bonds is 0. The van der Waals surface area contributed by atoms with E-state index >= 15 is 0 Å². The maximum Gasteiger partial charge on any atom is 0.163 e. The number of fused-ring (bicyclic) bond motifs is 2. The van der Waals surface area contributed by atoms with Gasteiger partial charge in [0.25, 0.3) is 0 Å². The van der Waals surface area contributed by atoms with Gasteiger partial charge in [-0.2, -0.15) is 0 Å². The molecule has 1 unspecified atom stereocenters. The molecule has 3 heteroatoms. The van der Waals surface area contributed by atoms with Crippen LogP contribution in [0.1, 0.15) is 34.3 Å². The van der Waals surface area contributed by atoms with E-state index in [9.17, 15) is 9.90 Å². The topological polar surface area (TPSA) is 46.5 Å². The molecule has 0 radical (unpaired) electrons. The third-order valence-electron chi connectivity index (χ3n) is 3.32. The summed E-state index contributed by atoms with van der Waals surface area (Å²) >= 11 is 0. The minimum Gasteiger partial charge on any atom is -0.491 e. The van der Waals surface area contributed by atoms with E-state index in [0.717, 1.165) is 35.3 Å². The van der Waals surface area contributed by atoms with Crippen molar-refractivity contribution in [2.75, 3.05) is 6.61 Å². The molecule has 0 saturated heterocycles. The third kappa shape index (κ3) is 1.52. The van der Waals surface area contributed by atoms with Crippen LogP contribution in [0.15, 0.2) is 12.1 Å². The zero-order chi connectivity index (χ0) is 11.1. The van der Waals surface area contributed by atoms with E-state index in [1.807, 2.05) is 12.1 Å². The highest BCUT2D eigenvalue weighted by Gasteiger charge is 2.23. The molecule has 0 saturated carbocycles. The first kappa shape index (κ1) is 9.85. The number of benzene rings is 1. The molecule has 1 heterocycles. The van der Waals surface area contributed by atoms with E-state index in [1.165, 1.54) is 0 Å². The molecule has 1 aromatic carbocycles. The van der Waals surface area contributed by atoms with Gasteiger partial charge in [0, 0.05) is 18.4 Å². The average Bonchev–Trinajstić information content (AvgIpc) is 2.28. The van der Waals surface area contributed by atoms with E-state index in [-0.39, 0.29) is 5.78 Å². The van der Waals surface area contributed by atoms with Crippen LogP contribution in [0.2, 0.25) is 0 Å². The molecule has 1 aromatic rings. The predicted molar refractivity (Wildman–Crippen MR) is 58.9 cm³/mol. The minimum atomic E-state index is -0.441. The summed E-state index contributed by atoms with van der Waals surface area (Å²) in [5.41, 5.74) is 2.90. The summed E-state index contributed by atoms with van der Waals surface area (Å²) in [6.45, 7) is 0.361. The molecular formula is C13H14O3. The lowest BCUT2D eigenvalue weighted by Gasteiger charge is -2.25. The van der Waals surface area contributed by atoms with Gasteiger partial charge in [-0.25, -0.2) is 0 Å². The molecule has 1 atom stereocenters. The standard InChI is InChI=1S/C13H14O3/c14-10-4-9-5-11-8(2-1-3-12(11)15)6-13(9)16-7-10/h5-6,10,14H,1-4,7H2. The lowest BCUT2D eigenvalue weighted by molar-refractivity contribution is 0.0910. The fourth-order valence-corrected chi connectivity index (χ4v) is 2.50. The van der Waals surface area contributed by atoms with Gasteiger partial charge in [-0.1, -0.05) is 0 Å². The van der Waals surface area contributed by atoms with Crippen molar-refractivity contribution in [3.05, 3.63) is 28.8 Å². The molecule has 84 valence electrons. The van der Waals surface area contributed by atoms with Crippen molar-refractivity contribution in [3.63, 3.8) is 0 Å². The highest BCUT2D eigenvalue weighted by Crippen LogP contribution is 2.32. The smallest absolute Gasteiger partial charge is 0.163 e. The number of ether oxygens (including phenoxy) is 1. The number of carbonyl (C=O) groups excluding carboxylic acids is 1. The SMILES string of the molecule is O=C1CCCc2cc3c(cc21)CC(O)CO3. The van der Waals surface area contributed by atoms with Crippen LogP contribution in [0.25, 0.3) is 0 Å². The molecule has 2 aliphatic rings. The molecule has 0 aromatic heterocycles. The van der Waals surface area contributed by atoms with Crippen LogP contribution in [-0.2, 0) is 12.8 Å². The Morgan fingerprint density at radius 2 is 2.12 bits per heavy atom. The first-order valence-corrected chi connectivity index (χ1v) is 5.74. The average molecular weight is 218 g/mol. The van der Waals surface area contributed by atoms with Crippen molar-refractivity contribution in [2.45, 2.75) is 31.8 Å². The van der Waals surface area contributed by atoms with Gasteiger partial charge in [0.2, 0.25) is 0 Å². The maximum atomic E-state index is 11.7. The van der Waals surface area contributed by atoms with Crippen LogP contribution in [0, 0.1) is 0 Å². The van der Waals surface area contributed by atoms with Crippen LogP contribution in [-0.4, -0.2) is 23.6 Å². The fraction of sp³-hybridized carbons (Fsp3) is 0.462. The quantitative estimate of drug-likeness (QED) is 0.717. The van der Waals surface area contributed by atoms with Crippen LogP contribution < -0.4 is 4.74 Å². The van der Waals surface area contributed by atoms with Gasteiger partial charge in [-0.05, 0) is 36.1 Å². The highest BCUT2D eigenvalue weighted by molar-refractivity contribution is 5.98. The molecule has 1 aliphatic heterocycles. The molecule has 0 spiro atoms. The molecule has 3 nitrogen and oxygen atoms in total. The van der Waals surface area contributed by atoms with E-state index in [2.05, 4.69) is 0 Å². The third-order valence-corrected chi connectivity index (χ3v) is 3.32. The summed E-state index contributed by atoms with van der Waals surface area (Å²) in [6, 6.07) is 3.89. The van der Waals surface area contributed by atoms with Gasteiger partial charge in [-0.15, -0.1) is 0 Å². The van der Waals surface area contributed by atoms with Gasteiger partial charge >= 0.3 is 0 Å². The number of hydrogen-bond donors (Lipinski definition) is 1. The van der Waals surface area contributed by atoms with Crippen LogP contribution in [0.3, 0.4) is 0 Å². The second-order valence-electron chi connectivity index (χ2n) is 4.56. The summed E-state index contributed by atoms with van der Waals surface area (Å²) in [7, 11) is 0. The molecule has 3 rings (SSSR count). The zero-order valence-electron chi connectivity index (χ0n) is 9.03. The maximum absolute atomic E-state index is 11.7. The van der Waals surface area contributed by atoms with Crippen molar-refractivity contribution in [2.24, 2.45) is 0 Å². The number of Topliss-reactive ketones (excluding diaryl/α,β-unsaturated/α-hetero) is 1. The van der Waals surface area contributed by atoms with E-state index in [0.29, 0.717) is 19.4 Å². The monoisotopic (exact) mass is 218 g/mol. The van der Waals surface area contributed by atoms with E-state index < -0.39 is 6.10 Å². The van der Waals surface area contributed by atoms with E-state index in [1.54, 1.807) is 0 Å². The van der Waals surface area contributed by atoms with Gasteiger partial charge in [0.15, 0.2) is 5.78 Å². The van der Waals surface area contributed by atoms with Crippen molar-refractivity contribution < 1.29 is 14.6 Å². The molecule has 1 N–H and O–H groups in total. The Balaban J connectivity index is 2.08. The summed E-state index contributed by atoms with van der Waals surface area (Å²) in [5.74, 6) is 1.07. The number of aliphatic hydroxyl groups excluding tert-OH is 1. The van der Waals surface area contributed by atoms with Crippen LogP contribution >= 0.6 is 0 Å². The molecule has 0 amide bonds. The molecule has 16 heavy (non-hydrogen) atoms. The Labute approximate surface area is 94.0 Å². The van der Waals surface area contributed by atoms with Gasteiger partial charge in [0.05, 0.1) is 6.10 Å². The normalized spacial score (nSPS) is 23.3. The highest BCUT2D eigenvalue weighted by atomic mass is 16.5. The van der Waals surface area contributed by atoms with Crippen molar-refractivity contribution in [1.82, 2.24) is 0 Å². The first-order valence-electron chi connectivity index (χ1n) is 5.74. The first-order chi connectivity index (χ1) is 7.74.